The fourth-order valence-electron chi connectivity index (χ4n) is 2.93. The standard InChI is InChI=1S/C12H11.C10H7N4.2ClH.Zr/c1-2-6-11(7-3-1)10-12-8-4-5-9-12;1-2-4-9-6-10(5-8(9)3-1)14-7-11-12-13-14;;;/h1-4,6-8H,5,10H2;1-7H;2*1H;/q2*-1;;;+4/p-2. The molecule has 29 heavy (non-hydrogen) atoms. The Kier molecular flexibility index (Phi) is 8.94. The van der Waals surface area contributed by atoms with E-state index >= 15 is 0 Å². The van der Waals surface area contributed by atoms with Crippen molar-refractivity contribution >= 4 is 27.8 Å². The van der Waals surface area contributed by atoms with Gasteiger partial charge in [0, 0.05) is 0 Å². The van der Waals surface area contributed by atoms with Gasteiger partial charge in [-0.05, 0) is 28.1 Å². The summed E-state index contributed by atoms with van der Waals surface area (Å²) in [7, 11) is 9.87. The van der Waals surface area contributed by atoms with E-state index in [0.29, 0.717) is 0 Å². The number of fused-ring (bicyclic) bond motifs is 1. The minimum absolute atomic E-state index is 0.826. The Hall–Kier alpha value is -1.94. The van der Waals surface area contributed by atoms with E-state index in [0.717, 1.165) is 18.5 Å². The van der Waals surface area contributed by atoms with E-state index < -0.39 is 20.8 Å². The number of tetrazole rings is 1. The van der Waals surface area contributed by atoms with Gasteiger partial charge < -0.3 is 0 Å². The molecule has 0 N–H and O–H groups in total. The SMILES string of the molecule is [C-]1=C(Cc2ccccc2)C=CC1.[Cl][Zr+2][Cl].c1ccc2[cH-]c(-n3cnnn3)cc2c1. The number of halogens is 2. The van der Waals surface area contributed by atoms with Crippen molar-refractivity contribution in [3.8, 4) is 5.69 Å². The van der Waals surface area contributed by atoms with Crippen LogP contribution in [-0.2, 0) is 27.3 Å². The van der Waals surface area contributed by atoms with Gasteiger partial charge in [0.2, 0.25) is 0 Å². The van der Waals surface area contributed by atoms with Gasteiger partial charge in [0.25, 0.3) is 0 Å². The van der Waals surface area contributed by atoms with E-state index in [1.807, 2.05) is 18.2 Å². The number of hydrogen-bond donors (Lipinski definition) is 0. The van der Waals surface area contributed by atoms with Crippen molar-refractivity contribution < 1.29 is 20.8 Å². The molecule has 0 bridgehead atoms. The van der Waals surface area contributed by atoms with Crippen LogP contribution in [0, 0.1) is 6.08 Å². The average molecular weight is 501 g/mol. The molecule has 1 heterocycles. The molecule has 0 unspecified atom stereocenters. The van der Waals surface area contributed by atoms with Crippen molar-refractivity contribution in [2.24, 2.45) is 0 Å². The molecule has 0 aliphatic heterocycles. The number of nitrogens with zero attached hydrogens (tertiary/aromatic N) is 4. The molecule has 0 radical (unpaired) electrons. The van der Waals surface area contributed by atoms with E-state index in [2.05, 4.69) is 82.3 Å². The molecule has 3 aromatic carbocycles. The summed E-state index contributed by atoms with van der Waals surface area (Å²) in [6.07, 6.45) is 11.2. The van der Waals surface area contributed by atoms with Crippen LogP contribution >= 0.6 is 17.0 Å². The van der Waals surface area contributed by atoms with E-state index in [9.17, 15) is 0 Å². The van der Waals surface area contributed by atoms with Crippen LogP contribution in [0.5, 0.6) is 0 Å². The second-order valence-electron chi connectivity index (χ2n) is 6.14. The van der Waals surface area contributed by atoms with Crippen LogP contribution in [0.3, 0.4) is 0 Å². The molecule has 7 heteroatoms. The zero-order valence-electron chi connectivity index (χ0n) is 15.5. The molecule has 4 aromatic rings. The summed E-state index contributed by atoms with van der Waals surface area (Å²) >= 11 is -0.826. The summed E-state index contributed by atoms with van der Waals surface area (Å²) in [6.45, 7) is 0. The van der Waals surface area contributed by atoms with Gasteiger partial charge >= 0.3 is 37.9 Å². The summed E-state index contributed by atoms with van der Waals surface area (Å²) in [5, 5.41) is 13.5. The molecule has 1 aliphatic rings. The van der Waals surface area contributed by atoms with E-state index in [-0.39, 0.29) is 0 Å². The zero-order chi connectivity index (χ0) is 20.3. The van der Waals surface area contributed by atoms with Gasteiger partial charge in [-0.2, -0.15) is 6.08 Å². The second kappa shape index (κ2) is 11.9. The van der Waals surface area contributed by atoms with Crippen LogP contribution in [0.25, 0.3) is 16.5 Å². The summed E-state index contributed by atoms with van der Waals surface area (Å²) in [4.78, 5) is 0. The monoisotopic (exact) mass is 498 g/mol. The minimum atomic E-state index is -0.826. The smallest absolute Gasteiger partial charge is 0.141 e. The number of hydrogen-bond acceptors (Lipinski definition) is 3. The molecule has 4 nitrogen and oxygen atoms in total. The van der Waals surface area contributed by atoms with Crippen LogP contribution in [-0.4, -0.2) is 20.2 Å². The predicted molar refractivity (Wildman–Crippen MR) is 115 cm³/mol. The molecule has 0 saturated carbocycles. The molecular formula is C22H18Cl2N4Zr. The Labute approximate surface area is 188 Å². The minimum Gasteiger partial charge on any atom is -0.220 e. The number of benzene rings is 2. The summed E-state index contributed by atoms with van der Waals surface area (Å²) in [6, 6.07) is 22.8. The summed E-state index contributed by atoms with van der Waals surface area (Å²) in [5.74, 6) is 0. The van der Waals surface area contributed by atoms with Crippen LogP contribution in [0.1, 0.15) is 12.0 Å². The van der Waals surface area contributed by atoms with E-state index in [1.54, 1.807) is 11.0 Å². The molecule has 144 valence electrons. The molecule has 0 amide bonds. The van der Waals surface area contributed by atoms with Crippen LogP contribution < -0.4 is 0 Å². The van der Waals surface area contributed by atoms with Crippen molar-refractivity contribution in [2.75, 3.05) is 0 Å². The first-order valence-corrected chi connectivity index (χ1v) is 15.3. The van der Waals surface area contributed by atoms with Crippen LogP contribution in [0.15, 0.2) is 90.8 Å². The molecular weight excluding hydrogens is 482 g/mol. The van der Waals surface area contributed by atoms with Crippen LogP contribution in [0.2, 0.25) is 0 Å². The molecule has 5 rings (SSSR count). The Morgan fingerprint density at radius 1 is 1.07 bits per heavy atom. The third kappa shape index (κ3) is 6.81. The normalized spacial score (nSPS) is 11.7. The van der Waals surface area contributed by atoms with Crippen molar-refractivity contribution in [3.05, 3.63) is 102 Å². The Bertz CT molecular complexity index is 1020. The predicted octanol–water partition coefficient (Wildman–Crippen LogP) is 5.83. The van der Waals surface area contributed by atoms with Crippen molar-refractivity contribution in [1.82, 2.24) is 20.2 Å². The Morgan fingerprint density at radius 3 is 2.48 bits per heavy atom. The first-order chi connectivity index (χ1) is 14.3. The summed E-state index contributed by atoms with van der Waals surface area (Å²) < 4.78 is 1.65. The molecule has 0 fully saturated rings. The van der Waals surface area contributed by atoms with Crippen molar-refractivity contribution in [1.29, 1.82) is 0 Å². The quantitative estimate of drug-likeness (QED) is 0.333. The topological polar surface area (TPSA) is 43.6 Å². The fraction of sp³-hybridized carbons (Fsp3) is 0.0909. The largest absolute Gasteiger partial charge is 0.220 e. The zero-order valence-corrected chi connectivity index (χ0v) is 19.5. The maximum Gasteiger partial charge on any atom is 0.141 e. The maximum atomic E-state index is 4.93. The third-order valence-electron chi connectivity index (χ3n) is 4.22. The van der Waals surface area contributed by atoms with Gasteiger partial charge in [0.15, 0.2) is 0 Å². The Balaban J connectivity index is 0.000000148. The van der Waals surface area contributed by atoms with E-state index in [4.69, 9.17) is 17.0 Å². The maximum absolute atomic E-state index is 4.93. The first-order valence-electron chi connectivity index (χ1n) is 8.95. The Morgan fingerprint density at radius 2 is 1.83 bits per heavy atom. The van der Waals surface area contributed by atoms with Crippen LogP contribution in [0.4, 0.5) is 0 Å². The molecule has 0 saturated heterocycles. The second-order valence-corrected chi connectivity index (χ2v) is 9.87. The molecule has 0 spiro atoms. The number of aromatic nitrogens is 4. The van der Waals surface area contributed by atoms with Gasteiger partial charge in [0.1, 0.15) is 6.33 Å². The third-order valence-corrected chi connectivity index (χ3v) is 4.22. The van der Waals surface area contributed by atoms with Gasteiger partial charge in [-0.15, -0.1) is 52.6 Å². The van der Waals surface area contributed by atoms with Crippen molar-refractivity contribution in [2.45, 2.75) is 12.8 Å². The van der Waals surface area contributed by atoms with Crippen molar-refractivity contribution in [3.63, 3.8) is 0 Å². The number of rotatable bonds is 3. The van der Waals surface area contributed by atoms with Gasteiger partial charge in [-0.25, -0.2) is 16.3 Å². The molecule has 1 aliphatic carbocycles. The molecule has 1 aromatic heterocycles. The van der Waals surface area contributed by atoms with E-state index in [1.165, 1.54) is 21.9 Å². The fourth-order valence-corrected chi connectivity index (χ4v) is 2.93. The summed E-state index contributed by atoms with van der Waals surface area (Å²) in [5.41, 5.74) is 3.68. The first kappa shape index (κ1) is 21.8. The van der Waals surface area contributed by atoms with Gasteiger partial charge in [0.05, 0.1) is 0 Å². The molecule has 0 atom stereocenters. The number of allylic oxidation sites excluding steroid dienone is 4. The van der Waals surface area contributed by atoms with Gasteiger partial charge in [-0.3, -0.25) is 6.08 Å². The van der Waals surface area contributed by atoms with Gasteiger partial charge in [-0.1, -0.05) is 36.4 Å². The average Bonchev–Trinajstić information content (AvgIpc) is 3.51.